The molecule has 1 aliphatic heterocycles. The SMILES string of the molecule is O=C(NCC(c1ccccc1)N1CCOCC1)c1cccc(-n2[nH]c(=O)ccc2=O)c1. The fraction of sp³-hybridized carbons (Fsp3) is 0.261. The van der Waals surface area contributed by atoms with Crippen molar-refractivity contribution in [1.82, 2.24) is 20.0 Å². The average molecular weight is 420 g/mol. The van der Waals surface area contributed by atoms with E-state index in [2.05, 4.69) is 27.4 Å². The van der Waals surface area contributed by atoms with E-state index < -0.39 is 5.56 Å². The molecule has 1 aliphatic rings. The van der Waals surface area contributed by atoms with Crippen molar-refractivity contribution in [3.63, 3.8) is 0 Å². The van der Waals surface area contributed by atoms with Crippen LogP contribution in [-0.2, 0) is 4.74 Å². The van der Waals surface area contributed by atoms with Gasteiger partial charge in [0, 0.05) is 37.3 Å². The predicted molar refractivity (Wildman–Crippen MR) is 117 cm³/mol. The van der Waals surface area contributed by atoms with Crippen molar-refractivity contribution in [3.8, 4) is 5.69 Å². The summed E-state index contributed by atoms with van der Waals surface area (Å²) in [6.45, 7) is 3.38. The lowest BCUT2D eigenvalue weighted by molar-refractivity contribution is 0.0162. The van der Waals surface area contributed by atoms with E-state index in [1.165, 1.54) is 12.1 Å². The summed E-state index contributed by atoms with van der Waals surface area (Å²) in [5, 5.41) is 5.49. The molecular weight excluding hydrogens is 396 g/mol. The minimum absolute atomic E-state index is 0.0327. The number of nitrogens with one attached hydrogen (secondary N) is 2. The average Bonchev–Trinajstić information content (AvgIpc) is 2.82. The Kier molecular flexibility index (Phi) is 6.40. The van der Waals surface area contributed by atoms with Gasteiger partial charge in [-0.05, 0) is 23.8 Å². The lowest BCUT2D eigenvalue weighted by atomic mass is 10.0. The van der Waals surface area contributed by atoms with E-state index in [4.69, 9.17) is 4.74 Å². The van der Waals surface area contributed by atoms with Crippen LogP contribution in [-0.4, -0.2) is 53.4 Å². The molecule has 0 saturated carbocycles. The van der Waals surface area contributed by atoms with Crippen LogP contribution in [0.1, 0.15) is 22.0 Å². The maximum atomic E-state index is 12.9. The number of hydrogen-bond acceptors (Lipinski definition) is 5. The summed E-state index contributed by atoms with van der Waals surface area (Å²) < 4.78 is 6.60. The smallest absolute Gasteiger partial charge is 0.269 e. The summed E-state index contributed by atoms with van der Waals surface area (Å²) in [4.78, 5) is 38.9. The lowest BCUT2D eigenvalue weighted by Crippen LogP contribution is -2.43. The van der Waals surface area contributed by atoms with Crippen molar-refractivity contribution in [2.24, 2.45) is 0 Å². The molecule has 8 nitrogen and oxygen atoms in total. The van der Waals surface area contributed by atoms with Crippen LogP contribution in [0.15, 0.2) is 76.3 Å². The minimum atomic E-state index is -0.398. The second-order valence-corrected chi connectivity index (χ2v) is 7.32. The number of hydrogen-bond donors (Lipinski definition) is 2. The molecule has 2 N–H and O–H groups in total. The van der Waals surface area contributed by atoms with Gasteiger partial charge in [-0.15, -0.1) is 0 Å². The third kappa shape index (κ3) is 4.99. The van der Waals surface area contributed by atoms with Gasteiger partial charge in [0.2, 0.25) is 0 Å². The van der Waals surface area contributed by atoms with Crippen LogP contribution in [0, 0.1) is 0 Å². The van der Waals surface area contributed by atoms with Crippen molar-refractivity contribution in [1.29, 1.82) is 0 Å². The van der Waals surface area contributed by atoms with E-state index in [-0.39, 0.29) is 17.5 Å². The Morgan fingerprint density at radius 1 is 1.00 bits per heavy atom. The van der Waals surface area contributed by atoms with Gasteiger partial charge in [-0.25, -0.2) is 4.68 Å². The minimum Gasteiger partial charge on any atom is -0.379 e. The molecule has 0 radical (unpaired) electrons. The number of ether oxygens (including phenoxy) is 1. The van der Waals surface area contributed by atoms with Crippen LogP contribution in [0.2, 0.25) is 0 Å². The van der Waals surface area contributed by atoms with E-state index >= 15 is 0 Å². The molecule has 1 unspecified atom stereocenters. The summed E-state index contributed by atoms with van der Waals surface area (Å²) >= 11 is 0. The molecular formula is C23H24N4O4. The van der Waals surface area contributed by atoms with Gasteiger partial charge in [-0.2, -0.15) is 0 Å². The van der Waals surface area contributed by atoms with Gasteiger partial charge in [-0.3, -0.25) is 24.4 Å². The topological polar surface area (TPSA) is 96.4 Å². The van der Waals surface area contributed by atoms with Crippen molar-refractivity contribution < 1.29 is 9.53 Å². The molecule has 2 aromatic carbocycles. The van der Waals surface area contributed by atoms with Crippen LogP contribution in [0.3, 0.4) is 0 Å². The Hall–Kier alpha value is -3.49. The zero-order valence-electron chi connectivity index (χ0n) is 17.0. The van der Waals surface area contributed by atoms with Gasteiger partial charge >= 0.3 is 0 Å². The van der Waals surface area contributed by atoms with Crippen LogP contribution in [0.5, 0.6) is 0 Å². The fourth-order valence-corrected chi connectivity index (χ4v) is 3.72. The molecule has 0 bridgehead atoms. The number of morpholine rings is 1. The van der Waals surface area contributed by atoms with E-state index in [0.717, 1.165) is 23.3 Å². The Morgan fingerprint density at radius 3 is 2.55 bits per heavy atom. The Labute approximate surface area is 179 Å². The largest absolute Gasteiger partial charge is 0.379 e. The highest BCUT2D eigenvalue weighted by molar-refractivity contribution is 5.94. The molecule has 2 heterocycles. The predicted octanol–water partition coefficient (Wildman–Crippen LogP) is 1.33. The van der Waals surface area contributed by atoms with Crippen molar-refractivity contribution in [3.05, 3.63) is 98.6 Å². The number of benzene rings is 2. The summed E-state index contributed by atoms with van der Waals surface area (Å²) in [7, 11) is 0. The Balaban J connectivity index is 1.52. The number of aromatic nitrogens is 2. The van der Waals surface area contributed by atoms with Crippen LogP contribution in [0.4, 0.5) is 0 Å². The first-order chi connectivity index (χ1) is 15.1. The molecule has 0 spiro atoms. The molecule has 0 aliphatic carbocycles. The molecule has 1 amide bonds. The van der Waals surface area contributed by atoms with Gasteiger partial charge in [0.05, 0.1) is 24.9 Å². The molecule has 1 atom stereocenters. The standard InChI is InChI=1S/C23H24N4O4/c28-21-9-10-22(29)27(25-21)19-8-4-7-18(15-19)23(30)24-16-20(17-5-2-1-3-6-17)26-11-13-31-14-12-26/h1-10,15,20H,11-14,16H2,(H,24,30)(H,25,28). The molecule has 1 aromatic heterocycles. The highest BCUT2D eigenvalue weighted by atomic mass is 16.5. The van der Waals surface area contributed by atoms with Crippen molar-refractivity contribution >= 4 is 5.91 Å². The van der Waals surface area contributed by atoms with E-state index in [1.54, 1.807) is 24.3 Å². The summed E-state index contributed by atoms with van der Waals surface area (Å²) in [5.41, 5.74) is 1.18. The van der Waals surface area contributed by atoms with Crippen molar-refractivity contribution in [2.75, 3.05) is 32.8 Å². The fourth-order valence-electron chi connectivity index (χ4n) is 3.72. The second kappa shape index (κ2) is 9.55. The number of H-pyrrole nitrogens is 1. The Morgan fingerprint density at radius 2 is 1.77 bits per heavy atom. The maximum absolute atomic E-state index is 12.9. The lowest BCUT2D eigenvalue weighted by Gasteiger charge is -2.35. The van der Waals surface area contributed by atoms with Gasteiger partial charge in [0.25, 0.3) is 17.0 Å². The Bertz CT molecular complexity index is 1150. The monoisotopic (exact) mass is 420 g/mol. The summed E-state index contributed by atoms with van der Waals surface area (Å²) in [5.74, 6) is -0.248. The highest BCUT2D eigenvalue weighted by Crippen LogP contribution is 2.21. The zero-order valence-corrected chi connectivity index (χ0v) is 17.0. The number of carbonyl (C=O) groups is 1. The molecule has 1 saturated heterocycles. The third-order valence-electron chi connectivity index (χ3n) is 5.31. The maximum Gasteiger partial charge on any atom is 0.269 e. The second-order valence-electron chi connectivity index (χ2n) is 7.32. The first kappa shape index (κ1) is 20.8. The van der Waals surface area contributed by atoms with Crippen molar-refractivity contribution in [2.45, 2.75) is 6.04 Å². The first-order valence-electron chi connectivity index (χ1n) is 10.2. The van der Waals surface area contributed by atoms with Gasteiger partial charge in [-0.1, -0.05) is 36.4 Å². The molecule has 3 aromatic rings. The highest BCUT2D eigenvalue weighted by Gasteiger charge is 2.23. The van der Waals surface area contributed by atoms with Gasteiger partial charge in [0.15, 0.2) is 0 Å². The molecule has 8 heteroatoms. The zero-order chi connectivity index (χ0) is 21.6. The van der Waals surface area contributed by atoms with Gasteiger partial charge in [0.1, 0.15) is 0 Å². The van der Waals surface area contributed by atoms with Crippen LogP contribution < -0.4 is 16.4 Å². The number of amides is 1. The molecule has 31 heavy (non-hydrogen) atoms. The van der Waals surface area contributed by atoms with Crippen LogP contribution >= 0.6 is 0 Å². The summed E-state index contributed by atoms with van der Waals surface area (Å²) in [6.07, 6.45) is 0. The number of nitrogens with zero attached hydrogens (tertiary/aromatic N) is 2. The van der Waals surface area contributed by atoms with E-state index in [1.807, 2.05) is 18.2 Å². The summed E-state index contributed by atoms with van der Waals surface area (Å²) in [6, 6.07) is 19.1. The first-order valence-corrected chi connectivity index (χ1v) is 10.2. The molecule has 1 fully saturated rings. The number of aromatic amines is 1. The third-order valence-corrected chi connectivity index (χ3v) is 5.31. The van der Waals surface area contributed by atoms with Crippen LogP contribution in [0.25, 0.3) is 5.69 Å². The van der Waals surface area contributed by atoms with E-state index in [9.17, 15) is 14.4 Å². The molecule has 160 valence electrons. The number of rotatable bonds is 6. The molecule has 4 rings (SSSR count). The van der Waals surface area contributed by atoms with Gasteiger partial charge < -0.3 is 10.1 Å². The quantitative estimate of drug-likeness (QED) is 0.627. The normalized spacial score (nSPS) is 15.4. The van der Waals surface area contributed by atoms with E-state index in [0.29, 0.717) is 31.0 Å². The number of carbonyl (C=O) groups excluding carboxylic acids is 1.